The minimum absolute atomic E-state index is 0.260. The molecular weight excluding hydrogens is 276 g/mol. The number of rotatable bonds is 2. The Morgan fingerprint density at radius 2 is 2.09 bits per heavy atom. The lowest BCUT2D eigenvalue weighted by atomic mass is 9.84. The average molecular weight is 300 g/mol. The summed E-state index contributed by atoms with van der Waals surface area (Å²) in [6.07, 6.45) is 1.74. The molecule has 0 saturated carbocycles. The summed E-state index contributed by atoms with van der Waals surface area (Å²) in [6.45, 7) is 8.09. The first-order valence-electron chi connectivity index (χ1n) is 8.00. The van der Waals surface area contributed by atoms with Gasteiger partial charge in [0.15, 0.2) is 0 Å². The molecule has 2 aliphatic heterocycles. The molecule has 0 radical (unpaired) electrons. The second kappa shape index (κ2) is 5.76. The molecule has 0 amide bonds. The number of nitrogens with two attached hydrogens (primary N) is 1. The topological polar surface area (TPSA) is 55.6 Å². The minimum atomic E-state index is -0.260. The lowest BCUT2D eigenvalue weighted by Gasteiger charge is -2.41. The molecule has 22 heavy (non-hydrogen) atoms. The van der Waals surface area contributed by atoms with Crippen molar-refractivity contribution in [1.29, 1.82) is 0 Å². The Morgan fingerprint density at radius 3 is 2.82 bits per heavy atom. The second-order valence-electron chi connectivity index (χ2n) is 6.30. The SMILES string of the molecule is CCOC(=O)C1=C(N)CC2c3cc(C)c(C)cc3CCN2C1. The summed E-state index contributed by atoms with van der Waals surface area (Å²) < 4.78 is 5.13. The van der Waals surface area contributed by atoms with E-state index in [1.807, 2.05) is 6.92 Å². The molecule has 1 unspecified atom stereocenters. The summed E-state index contributed by atoms with van der Waals surface area (Å²) >= 11 is 0. The van der Waals surface area contributed by atoms with Crippen molar-refractivity contribution in [2.24, 2.45) is 5.73 Å². The lowest BCUT2D eigenvalue weighted by Crippen LogP contribution is -2.42. The standard InChI is InChI=1S/C18H24N2O2/c1-4-22-18(21)15-10-20-6-5-13-7-11(2)12(3)8-14(13)17(20)9-16(15)19/h7-8,17H,4-6,9-10,19H2,1-3H3. The third-order valence-electron chi connectivity index (χ3n) is 4.91. The van der Waals surface area contributed by atoms with E-state index in [0.29, 0.717) is 36.9 Å². The summed E-state index contributed by atoms with van der Waals surface area (Å²) in [5.41, 5.74) is 13.0. The van der Waals surface area contributed by atoms with Crippen LogP contribution >= 0.6 is 0 Å². The fraction of sp³-hybridized carbons (Fsp3) is 0.500. The van der Waals surface area contributed by atoms with Gasteiger partial charge in [0, 0.05) is 31.2 Å². The van der Waals surface area contributed by atoms with Crippen molar-refractivity contribution >= 4 is 5.97 Å². The second-order valence-corrected chi connectivity index (χ2v) is 6.30. The van der Waals surface area contributed by atoms with Crippen LogP contribution in [0.3, 0.4) is 0 Å². The molecule has 0 fully saturated rings. The third kappa shape index (κ3) is 2.52. The zero-order chi connectivity index (χ0) is 15.9. The zero-order valence-electron chi connectivity index (χ0n) is 13.6. The predicted octanol–water partition coefficient (Wildman–Crippen LogP) is 2.38. The van der Waals surface area contributed by atoms with Crippen LogP contribution in [0.1, 0.15) is 41.6 Å². The highest BCUT2D eigenvalue weighted by molar-refractivity contribution is 5.90. The summed E-state index contributed by atoms with van der Waals surface area (Å²) in [6, 6.07) is 4.90. The van der Waals surface area contributed by atoms with Crippen LogP contribution < -0.4 is 5.73 Å². The van der Waals surface area contributed by atoms with E-state index in [1.165, 1.54) is 22.3 Å². The number of nitrogens with zero attached hydrogens (tertiary/aromatic N) is 1. The van der Waals surface area contributed by atoms with Gasteiger partial charge < -0.3 is 10.5 Å². The third-order valence-corrected chi connectivity index (χ3v) is 4.91. The van der Waals surface area contributed by atoms with E-state index in [9.17, 15) is 4.79 Å². The Kier molecular flexibility index (Phi) is 3.96. The maximum Gasteiger partial charge on any atom is 0.337 e. The van der Waals surface area contributed by atoms with Crippen molar-refractivity contribution in [3.63, 3.8) is 0 Å². The molecule has 1 atom stereocenters. The van der Waals surface area contributed by atoms with E-state index in [0.717, 1.165) is 13.0 Å². The fourth-order valence-corrected chi connectivity index (χ4v) is 3.52. The Hall–Kier alpha value is -1.81. The van der Waals surface area contributed by atoms with Crippen LogP contribution in [0.5, 0.6) is 0 Å². The number of aryl methyl sites for hydroxylation is 2. The van der Waals surface area contributed by atoms with Crippen LogP contribution in [0.4, 0.5) is 0 Å². The van der Waals surface area contributed by atoms with Gasteiger partial charge in [-0.25, -0.2) is 4.79 Å². The molecule has 2 N–H and O–H groups in total. The molecule has 2 heterocycles. The quantitative estimate of drug-likeness (QED) is 0.852. The van der Waals surface area contributed by atoms with E-state index in [4.69, 9.17) is 10.5 Å². The number of esters is 1. The molecule has 1 aromatic carbocycles. The van der Waals surface area contributed by atoms with Crippen molar-refractivity contribution in [1.82, 2.24) is 4.90 Å². The van der Waals surface area contributed by atoms with Gasteiger partial charge in [0.05, 0.1) is 12.2 Å². The first-order chi connectivity index (χ1) is 10.5. The van der Waals surface area contributed by atoms with Crippen molar-refractivity contribution in [3.05, 3.63) is 45.7 Å². The molecule has 0 aliphatic carbocycles. The van der Waals surface area contributed by atoms with Crippen LogP contribution in [0, 0.1) is 13.8 Å². The number of ether oxygens (including phenoxy) is 1. The number of hydrogen-bond acceptors (Lipinski definition) is 4. The van der Waals surface area contributed by atoms with Gasteiger partial charge in [-0.3, -0.25) is 4.90 Å². The van der Waals surface area contributed by atoms with Gasteiger partial charge in [-0.05, 0) is 49.4 Å². The average Bonchev–Trinajstić information content (AvgIpc) is 2.48. The fourth-order valence-electron chi connectivity index (χ4n) is 3.52. The van der Waals surface area contributed by atoms with E-state index < -0.39 is 0 Å². The summed E-state index contributed by atoms with van der Waals surface area (Å²) in [5.74, 6) is -0.260. The summed E-state index contributed by atoms with van der Waals surface area (Å²) in [4.78, 5) is 14.4. The first-order valence-corrected chi connectivity index (χ1v) is 8.00. The summed E-state index contributed by atoms with van der Waals surface area (Å²) in [5, 5.41) is 0. The molecule has 118 valence electrons. The van der Waals surface area contributed by atoms with E-state index >= 15 is 0 Å². The first kappa shape index (κ1) is 15.1. The highest BCUT2D eigenvalue weighted by Crippen LogP contribution is 2.38. The maximum atomic E-state index is 12.0. The Bertz CT molecular complexity index is 649. The van der Waals surface area contributed by atoms with Gasteiger partial charge in [0.2, 0.25) is 0 Å². The molecule has 0 bridgehead atoms. The van der Waals surface area contributed by atoms with Gasteiger partial charge in [-0.1, -0.05) is 12.1 Å². The van der Waals surface area contributed by atoms with Crippen LogP contribution in [0.2, 0.25) is 0 Å². The van der Waals surface area contributed by atoms with E-state index in [-0.39, 0.29) is 5.97 Å². The van der Waals surface area contributed by atoms with Gasteiger partial charge in [-0.2, -0.15) is 0 Å². The molecule has 0 saturated heterocycles. The minimum Gasteiger partial charge on any atom is -0.463 e. The van der Waals surface area contributed by atoms with Gasteiger partial charge in [0.1, 0.15) is 0 Å². The predicted molar refractivity (Wildman–Crippen MR) is 86.4 cm³/mol. The smallest absolute Gasteiger partial charge is 0.337 e. The largest absolute Gasteiger partial charge is 0.463 e. The molecule has 4 heteroatoms. The molecule has 2 aliphatic rings. The molecule has 0 aromatic heterocycles. The van der Waals surface area contributed by atoms with E-state index in [1.54, 1.807) is 0 Å². The molecule has 1 aromatic rings. The Morgan fingerprint density at radius 1 is 1.36 bits per heavy atom. The number of hydrogen-bond donors (Lipinski definition) is 1. The van der Waals surface area contributed by atoms with Crippen molar-refractivity contribution in [2.75, 3.05) is 19.7 Å². The number of carbonyl (C=O) groups excluding carboxylic acids is 1. The van der Waals surface area contributed by atoms with E-state index in [2.05, 4.69) is 30.9 Å². The molecule has 3 rings (SSSR count). The highest BCUT2D eigenvalue weighted by atomic mass is 16.5. The van der Waals surface area contributed by atoms with Crippen LogP contribution in [0.15, 0.2) is 23.4 Å². The van der Waals surface area contributed by atoms with Crippen molar-refractivity contribution in [3.8, 4) is 0 Å². The molecule has 0 spiro atoms. The normalized spacial score (nSPS) is 21.3. The highest BCUT2D eigenvalue weighted by Gasteiger charge is 2.35. The number of carbonyl (C=O) groups is 1. The van der Waals surface area contributed by atoms with Gasteiger partial charge in [0.25, 0.3) is 0 Å². The van der Waals surface area contributed by atoms with Gasteiger partial charge in [-0.15, -0.1) is 0 Å². The van der Waals surface area contributed by atoms with Crippen molar-refractivity contribution in [2.45, 2.75) is 39.7 Å². The van der Waals surface area contributed by atoms with Gasteiger partial charge >= 0.3 is 5.97 Å². The lowest BCUT2D eigenvalue weighted by molar-refractivity contribution is -0.139. The van der Waals surface area contributed by atoms with Crippen LogP contribution in [-0.2, 0) is 16.0 Å². The van der Waals surface area contributed by atoms with Crippen LogP contribution in [0.25, 0.3) is 0 Å². The van der Waals surface area contributed by atoms with Crippen molar-refractivity contribution < 1.29 is 9.53 Å². The number of benzene rings is 1. The molecule has 4 nitrogen and oxygen atoms in total. The maximum absolute atomic E-state index is 12.0. The number of fused-ring (bicyclic) bond motifs is 3. The summed E-state index contributed by atoms with van der Waals surface area (Å²) in [7, 11) is 0. The Labute approximate surface area is 131 Å². The zero-order valence-corrected chi connectivity index (χ0v) is 13.6. The van der Waals surface area contributed by atoms with Crippen LogP contribution in [-0.4, -0.2) is 30.6 Å². The monoisotopic (exact) mass is 300 g/mol. The molecular formula is C18H24N2O2. The Balaban J connectivity index is 1.94.